The van der Waals surface area contributed by atoms with Crippen molar-refractivity contribution in [2.75, 3.05) is 13.1 Å². The summed E-state index contributed by atoms with van der Waals surface area (Å²) in [5.41, 5.74) is 0.0223. The minimum absolute atomic E-state index is 0.0223. The average molecular weight is 226 g/mol. The van der Waals surface area contributed by atoms with E-state index in [2.05, 4.69) is 37.9 Å². The van der Waals surface area contributed by atoms with Crippen molar-refractivity contribution in [2.45, 2.75) is 65.0 Å². The Morgan fingerprint density at radius 3 is 2.62 bits per heavy atom. The summed E-state index contributed by atoms with van der Waals surface area (Å²) < 4.78 is 0. The molecule has 1 aliphatic heterocycles. The Morgan fingerprint density at radius 1 is 1.38 bits per heavy atom. The number of amides is 1. The third-order valence-electron chi connectivity index (χ3n) is 3.44. The lowest BCUT2D eigenvalue weighted by Gasteiger charge is -2.35. The van der Waals surface area contributed by atoms with Crippen LogP contribution >= 0.6 is 0 Å². The molecule has 0 aromatic carbocycles. The van der Waals surface area contributed by atoms with Crippen molar-refractivity contribution in [1.29, 1.82) is 0 Å². The van der Waals surface area contributed by atoms with Crippen LogP contribution in [0, 0.1) is 0 Å². The molecule has 3 nitrogen and oxygen atoms in total. The van der Waals surface area contributed by atoms with Crippen molar-refractivity contribution in [3.63, 3.8) is 0 Å². The number of nitrogens with one attached hydrogen (secondary N) is 1. The fourth-order valence-corrected chi connectivity index (χ4v) is 2.54. The molecule has 1 rings (SSSR count). The molecular formula is C13H26N2O. The van der Waals surface area contributed by atoms with Crippen molar-refractivity contribution >= 4 is 5.91 Å². The van der Waals surface area contributed by atoms with E-state index in [4.69, 9.17) is 0 Å². The van der Waals surface area contributed by atoms with Crippen LogP contribution < -0.4 is 5.32 Å². The number of likely N-dealkylation sites (tertiary alicyclic amines) is 1. The number of hydrogen-bond donors (Lipinski definition) is 1. The Bertz CT molecular complexity index is 238. The normalized spacial score (nSPS) is 21.9. The number of hydrogen-bond acceptors (Lipinski definition) is 2. The van der Waals surface area contributed by atoms with Crippen molar-refractivity contribution in [2.24, 2.45) is 0 Å². The highest BCUT2D eigenvalue weighted by molar-refractivity contribution is 5.84. The van der Waals surface area contributed by atoms with Crippen molar-refractivity contribution < 1.29 is 4.79 Å². The topological polar surface area (TPSA) is 32.3 Å². The summed E-state index contributed by atoms with van der Waals surface area (Å²) in [5, 5.41) is 3.33. The highest BCUT2D eigenvalue weighted by Gasteiger charge is 2.38. The molecule has 1 saturated heterocycles. The predicted octanol–water partition coefficient (Wildman–Crippen LogP) is 2.17. The molecule has 94 valence electrons. The lowest BCUT2D eigenvalue weighted by atomic mass is 9.97. The molecule has 1 fully saturated rings. The first-order chi connectivity index (χ1) is 7.53. The van der Waals surface area contributed by atoms with Crippen LogP contribution in [0.3, 0.4) is 0 Å². The van der Waals surface area contributed by atoms with Gasteiger partial charge in [0.2, 0.25) is 5.91 Å². The van der Waals surface area contributed by atoms with Crippen LogP contribution in [0.15, 0.2) is 0 Å². The summed E-state index contributed by atoms with van der Waals surface area (Å²) >= 11 is 0. The summed E-state index contributed by atoms with van der Waals surface area (Å²) in [6.45, 7) is 10.5. The second kappa shape index (κ2) is 5.67. The van der Waals surface area contributed by atoms with Gasteiger partial charge >= 0.3 is 0 Å². The molecule has 1 aliphatic rings. The van der Waals surface area contributed by atoms with Crippen molar-refractivity contribution in [3.05, 3.63) is 0 Å². The zero-order valence-electron chi connectivity index (χ0n) is 11.2. The molecule has 0 aromatic rings. The predicted molar refractivity (Wildman–Crippen MR) is 67.4 cm³/mol. The van der Waals surface area contributed by atoms with Gasteiger partial charge in [0.1, 0.15) is 0 Å². The average Bonchev–Trinajstić information content (AvgIpc) is 2.57. The fourth-order valence-electron chi connectivity index (χ4n) is 2.54. The molecule has 0 saturated carbocycles. The summed E-state index contributed by atoms with van der Waals surface area (Å²) in [7, 11) is 0. The van der Waals surface area contributed by atoms with Gasteiger partial charge in [-0.15, -0.1) is 0 Å². The number of carbonyl (C=O) groups excluding carboxylic acids is 1. The molecule has 3 heteroatoms. The van der Waals surface area contributed by atoms with Crippen LogP contribution in [0.1, 0.15) is 53.4 Å². The first-order valence-corrected chi connectivity index (χ1v) is 6.57. The maximum atomic E-state index is 12.2. The van der Waals surface area contributed by atoms with Gasteiger partial charge in [-0.2, -0.15) is 0 Å². The highest BCUT2D eigenvalue weighted by atomic mass is 16.2. The Labute approximate surface area is 99.6 Å². The van der Waals surface area contributed by atoms with Crippen LogP contribution in [0.4, 0.5) is 0 Å². The molecular weight excluding hydrogens is 200 g/mol. The zero-order chi connectivity index (χ0) is 12.2. The van der Waals surface area contributed by atoms with Crippen LogP contribution in [-0.4, -0.2) is 35.5 Å². The van der Waals surface area contributed by atoms with E-state index in [1.165, 1.54) is 0 Å². The molecule has 0 bridgehead atoms. The summed E-state index contributed by atoms with van der Waals surface area (Å²) in [4.78, 5) is 14.3. The van der Waals surface area contributed by atoms with E-state index in [9.17, 15) is 4.79 Å². The van der Waals surface area contributed by atoms with Gasteiger partial charge in [-0.3, -0.25) is 4.79 Å². The van der Waals surface area contributed by atoms with E-state index in [0.29, 0.717) is 5.91 Å². The van der Waals surface area contributed by atoms with E-state index in [1.807, 2.05) is 0 Å². The molecule has 1 heterocycles. The van der Waals surface area contributed by atoms with Gasteiger partial charge in [-0.05, 0) is 39.7 Å². The minimum Gasteiger partial charge on any atom is -0.336 e. The molecule has 16 heavy (non-hydrogen) atoms. The van der Waals surface area contributed by atoms with Gasteiger partial charge in [0.15, 0.2) is 0 Å². The molecule has 1 unspecified atom stereocenters. The zero-order valence-corrected chi connectivity index (χ0v) is 11.2. The van der Waals surface area contributed by atoms with Crippen LogP contribution in [0.5, 0.6) is 0 Å². The van der Waals surface area contributed by atoms with Gasteiger partial charge in [0.25, 0.3) is 0 Å². The first-order valence-electron chi connectivity index (χ1n) is 6.57. The number of rotatable bonds is 6. The van der Waals surface area contributed by atoms with Gasteiger partial charge < -0.3 is 10.2 Å². The van der Waals surface area contributed by atoms with Crippen LogP contribution in [-0.2, 0) is 4.79 Å². The molecule has 0 spiro atoms. The SMILES string of the molecule is CCCNC1CCN(C(C)(C)CCC)C1=O. The molecule has 0 radical (unpaired) electrons. The summed E-state index contributed by atoms with van der Waals surface area (Å²) in [6.07, 6.45) is 4.26. The van der Waals surface area contributed by atoms with E-state index in [1.54, 1.807) is 0 Å². The molecule has 0 aromatic heterocycles. The summed E-state index contributed by atoms with van der Waals surface area (Å²) in [6, 6.07) is 0.0658. The first kappa shape index (κ1) is 13.5. The minimum atomic E-state index is 0.0223. The third-order valence-corrected chi connectivity index (χ3v) is 3.44. The Morgan fingerprint density at radius 2 is 2.06 bits per heavy atom. The quantitative estimate of drug-likeness (QED) is 0.753. The fraction of sp³-hybridized carbons (Fsp3) is 0.923. The van der Waals surface area contributed by atoms with E-state index in [0.717, 1.165) is 38.8 Å². The van der Waals surface area contributed by atoms with E-state index >= 15 is 0 Å². The van der Waals surface area contributed by atoms with E-state index < -0.39 is 0 Å². The lowest BCUT2D eigenvalue weighted by Crippen LogP contribution is -2.48. The van der Waals surface area contributed by atoms with Gasteiger partial charge in [-0.1, -0.05) is 20.3 Å². The van der Waals surface area contributed by atoms with Gasteiger partial charge in [-0.25, -0.2) is 0 Å². The monoisotopic (exact) mass is 226 g/mol. The molecule has 1 atom stereocenters. The van der Waals surface area contributed by atoms with Crippen LogP contribution in [0.2, 0.25) is 0 Å². The second-order valence-corrected chi connectivity index (χ2v) is 5.35. The maximum Gasteiger partial charge on any atom is 0.240 e. The summed E-state index contributed by atoms with van der Waals surface area (Å²) in [5.74, 6) is 0.298. The largest absolute Gasteiger partial charge is 0.336 e. The van der Waals surface area contributed by atoms with Crippen molar-refractivity contribution in [1.82, 2.24) is 10.2 Å². The van der Waals surface area contributed by atoms with Gasteiger partial charge in [0.05, 0.1) is 6.04 Å². The Kier molecular flexibility index (Phi) is 4.78. The molecule has 1 amide bonds. The standard InChI is InChI=1S/C13H26N2O/c1-5-8-13(3,4)15-10-7-11(12(15)16)14-9-6-2/h11,14H,5-10H2,1-4H3. The van der Waals surface area contributed by atoms with E-state index in [-0.39, 0.29) is 11.6 Å². The Balaban J connectivity index is 2.56. The smallest absolute Gasteiger partial charge is 0.240 e. The van der Waals surface area contributed by atoms with Crippen molar-refractivity contribution in [3.8, 4) is 0 Å². The highest BCUT2D eigenvalue weighted by Crippen LogP contribution is 2.26. The van der Waals surface area contributed by atoms with Gasteiger partial charge in [0, 0.05) is 12.1 Å². The maximum absolute atomic E-state index is 12.2. The number of carbonyl (C=O) groups is 1. The third kappa shape index (κ3) is 2.97. The number of nitrogens with zero attached hydrogens (tertiary/aromatic N) is 1. The lowest BCUT2D eigenvalue weighted by molar-refractivity contribution is -0.134. The second-order valence-electron chi connectivity index (χ2n) is 5.35. The molecule has 1 N–H and O–H groups in total. The molecule has 0 aliphatic carbocycles. The Hall–Kier alpha value is -0.570. The van der Waals surface area contributed by atoms with Crippen LogP contribution in [0.25, 0.3) is 0 Å².